The summed E-state index contributed by atoms with van der Waals surface area (Å²) >= 11 is 3.39. The summed E-state index contributed by atoms with van der Waals surface area (Å²) in [6.07, 6.45) is 5.95. The highest BCUT2D eigenvalue weighted by Gasteiger charge is 2.22. The molecule has 0 fully saturated rings. The topological polar surface area (TPSA) is 33.2 Å². The number of carbonyl (C=O) groups excluding carboxylic acids is 1. The first kappa shape index (κ1) is 13.3. The molecule has 1 aliphatic rings. The lowest BCUT2D eigenvalue weighted by molar-refractivity contribution is -0.118. The third-order valence-corrected chi connectivity index (χ3v) is 3.96. The van der Waals surface area contributed by atoms with Crippen LogP contribution in [0.3, 0.4) is 0 Å². The molecule has 2 heterocycles. The molecule has 0 saturated heterocycles. The normalized spacial score (nSPS) is 13.9. The third-order valence-electron chi connectivity index (χ3n) is 3.53. The second-order valence-corrected chi connectivity index (χ2v) is 5.88. The Morgan fingerprint density at radius 1 is 1.30 bits per heavy atom. The second kappa shape index (κ2) is 5.75. The van der Waals surface area contributed by atoms with Crippen molar-refractivity contribution < 1.29 is 4.79 Å². The molecule has 0 atom stereocenters. The summed E-state index contributed by atoms with van der Waals surface area (Å²) in [6, 6.07) is 10.1. The quantitative estimate of drug-likeness (QED) is 0.845. The Kier molecular flexibility index (Phi) is 3.83. The monoisotopic (exact) mass is 330 g/mol. The van der Waals surface area contributed by atoms with Crippen LogP contribution in [0.15, 0.2) is 47.2 Å². The molecule has 102 valence electrons. The summed E-state index contributed by atoms with van der Waals surface area (Å²) in [5, 5.41) is 0. The van der Waals surface area contributed by atoms with E-state index in [2.05, 4.69) is 27.0 Å². The molecule has 0 N–H and O–H groups in total. The number of anilines is 1. The summed E-state index contributed by atoms with van der Waals surface area (Å²) in [6.45, 7) is 0.803. The van der Waals surface area contributed by atoms with Gasteiger partial charge >= 0.3 is 0 Å². The molecule has 1 aliphatic heterocycles. The fraction of sp³-hybridized carbons (Fsp3) is 0.250. The van der Waals surface area contributed by atoms with Gasteiger partial charge in [-0.05, 0) is 52.0 Å². The van der Waals surface area contributed by atoms with Crippen molar-refractivity contribution in [3.63, 3.8) is 0 Å². The number of carbonyl (C=O) groups is 1. The number of rotatable bonds is 2. The molecule has 0 aliphatic carbocycles. The lowest BCUT2D eigenvalue weighted by Gasteiger charge is -2.29. The van der Waals surface area contributed by atoms with E-state index in [4.69, 9.17) is 0 Å². The molecule has 20 heavy (non-hydrogen) atoms. The minimum atomic E-state index is 0.136. The Balaban J connectivity index is 1.82. The predicted octanol–water partition coefficient (Wildman–Crippen LogP) is 3.37. The van der Waals surface area contributed by atoms with Crippen LogP contribution in [0.5, 0.6) is 0 Å². The van der Waals surface area contributed by atoms with Gasteiger partial charge in [-0.25, -0.2) is 0 Å². The van der Waals surface area contributed by atoms with Crippen molar-refractivity contribution in [3.05, 3.63) is 58.3 Å². The highest BCUT2D eigenvalue weighted by molar-refractivity contribution is 9.10. The first-order valence-corrected chi connectivity index (χ1v) is 7.51. The molecule has 0 saturated carbocycles. The van der Waals surface area contributed by atoms with E-state index in [1.165, 1.54) is 5.56 Å². The SMILES string of the molecule is O=C(Cc1cncc(Br)c1)N1CCCc2ccccc21. The van der Waals surface area contributed by atoms with Crippen LogP contribution >= 0.6 is 15.9 Å². The summed E-state index contributed by atoms with van der Waals surface area (Å²) in [4.78, 5) is 18.5. The van der Waals surface area contributed by atoms with Crippen molar-refractivity contribution in [1.82, 2.24) is 4.98 Å². The highest BCUT2D eigenvalue weighted by atomic mass is 79.9. The van der Waals surface area contributed by atoms with Gasteiger partial charge in [0.2, 0.25) is 5.91 Å². The fourth-order valence-corrected chi connectivity index (χ4v) is 3.03. The number of amides is 1. The van der Waals surface area contributed by atoms with Gasteiger partial charge < -0.3 is 4.90 Å². The molecule has 0 unspecified atom stereocenters. The number of aryl methyl sites for hydroxylation is 1. The van der Waals surface area contributed by atoms with Crippen LogP contribution in [0.1, 0.15) is 17.5 Å². The Hall–Kier alpha value is -1.68. The molecule has 1 amide bonds. The van der Waals surface area contributed by atoms with Gasteiger partial charge in [-0.15, -0.1) is 0 Å². The zero-order valence-corrected chi connectivity index (χ0v) is 12.6. The maximum atomic E-state index is 12.5. The van der Waals surface area contributed by atoms with Crippen LogP contribution in [0, 0.1) is 0 Å². The number of pyridine rings is 1. The average Bonchev–Trinajstić information content (AvgIpc) is 2.46. The van der Waals surface area contributed by atoms with Crippen molar-refractivity contribution in [3.8, 4) is 0 Å². The zero-order chi connectivity index (χ0) is 13.9. The molecule has 3 rings (SSSR count). The van der Waals surface area contributed by atoms with Crippen LogP contribution in [-0.4, -0.2) is 17.4 Å². The minimum Gasteiger partial charge on any atom is -0.312 e. The van der Waals surface area contributed by atoms with Crippen molar-refractivity contribution in [2.45, 2.75) is 19.3 Å². The van der Waals surface area contributed by atoms with Crippen molar-refractivity contribution in [2.75, 3.05) is 11.4 Å². The summed E-state index contributed by atoms with van der Waals surface area (Å²) in [5.41, 5.74) is 3.26. The van der Waals surface area contributed by atoms with Crippen LogP contribution in [0.25, 0.3) is 0 Å². The van der Waals surface area contributed by atoms with Crippen LogP contribution in [0.4, 0.5) is 5.69 Å². The van der Waals surface area contributed by atoms with Gasteiger partial charge in [0.25, 0.3) is 0 Å². The third kappa shape index (κ3) is 2.75. The zero-order valence-electron chi connectivity index (χ0n) is 11.1. The number of fused-ring (bicyclic) bond motifs is 1. The van der Waals surface area contributed by atoms with Gasteiger partial charge in [0.05, 0.1) is 6.42 Å². The molecule has 3 nitrogen and oxygen atoms in total. The first-order valence-electron chi connectivity index (χ1n) is 6.72. The molecule has 1 aromatic heterocycles. The standard InChI is InChI=1S/C16H15BrN2O/c17-14-8-12(10-18-11-14)9-16(20)19-7-3-5-13-4-1-2-6-15(13)19/h1-2,4,6,8,10-11H,3,5,7,9H2. The van der Waals surface area contributed by atoms with Gasteiger partial charge in [0, 0.05) is 29.1 Å². The van der Waals surface area contributed by atoms with Gasteiger partial charge in [-0.2, -0.15) is 0 Å². The summed E-state index contributed by atoms with van der Waals surface area (Å²) in [7, 11) is 0. The van der Waals surface area contributed by atoms with E-state index in [0.717, 1.165) is 35.1 Å². The Morgan fingerprint density at radius 3 is 3.00 bits per heavy atom. The number of hydrogen-bond donors (Lipinski definition) is 0. The molecule has 2 aromatic rings. The predicted molar refractivity (Wildman–Crippen MR) is 82.8 cm³/mol. The van der Waals surface area contributed by atoms with Crippen LogP contribution in [-0.2, 0) is 17.6 Å². The maximum absolute atomic E-state index is 12.5. The van der Waals surface area contributed by atoms with E-state index in [0.29, 0.717) is 6.42 Å². The summed E-state index contributed by atoms with van der Waals surface area (Å²) in [5.74, 6) is 0.136. The lowest BCUT2D eigenvalue weighted by atomic mass is 10.0. The van der Waals surface area contributed by atoms with E-state index >= 15 is 0 Å². The van der Waals surface area contributed by atoms with Crippen LogP contribution in [0.2, 0.25) is 0 Å². The lowest BCUT2D eigenvalue weighted by Crippen LogP contribution is -2.36. The number of halogens is 1. The van der Waals surface area contributed by atoms with E-state index in [1.807, 2.05) is 29.2 Å². The van der Waals surface area contributed by atoms with E-state index in [9.17, 15) is 4.79 Å². The van der Waals surface area contributed by atoms with Gasteiger partial charge in [-0.1, -0.05) is 18.2 Å². The van der Waals surface area contributed by atoms with Crippen molar-refractivity contribution in [1.29, 1.82) is 0 Å². The minimum absolute atomic E-state index is 0.136. The Morgan fingerprint density at radius 2 is 2.15 bits per heavy atom. The Bertz CT molecular complexity index is 642. The van der Waals surface area contributed by atoms with Crippen molar-refractivity contribution in [2.24, 2.45) is 0 Å². The van der Waals surface area contributed by atoms with E-state index < -0.39 is 0 Å². The van der Waals surface area contributed by atoms with Crippen LogP contribution < -0.4 is 4.90 Å². The second-order valence-electron chi connectivity index (χ2n) is 4.97. The molecule has 0 bridgehead atoms. The number of hydrogen-bond acceptors (Lipinski definition) is 2. The average molecular weight is 331 g/mol. The fourth-order valence-electron chi connectivity index (χ4n) is 2.62. The first-order chi connectivity index (χ1) is 9.74. The molecule has 0 radical (unpaired) electrons. The molecule has 0 spiro atoms. The van der Waals surface area contributed by atoms with E-state index in [1.54, 1.807) is 12.4 Å². The smallest absolute Gasteiger partial charge is 0.231 e. The Labute approximate surface area is 126 Å². The molecule has 1 aromatic carbocycles. The number of nitrogens with zero attached hydrogens (tertiary/aromatic N) is 2. The number of aromatic nitrogens is 1. The summed E-state index contributed by atoms with van der Waals surface area (Å²) < 4.78 is 0.904. The molecular formula is C16H15BrN2O. The van der Waals surface area contributed by atoms with Crippen molar-refractivity contribution >= 4 is 27.5 Å². The number of para-hydroxylation sites is 1. The largest absolute Gasteiger partial charge is 0.312 e. The molecular weight excluding hydrogens is 316 g/mol. The van der Waals surface area contributed by atoms with E-state index in [-0.39, 0.29) is 5.91 Å². The van der Waals surface area contributed by atoms with Gasteiger partial charge in [-0.3, -0.25) is 9.78 Å². The maximum Gasteiger partial charge on any atom is 0.231 e. The van der Waals surface area contributed by atoms with Gasteiger partial charge in [0.1, 0.15) is 0 Å². The highest BCUT2D eigenvalue weighted by Crippen LogP contribution is 2.27. The number of benzene rings is 1. The molecule has 4 heteroatoms. The van der Waals surface area contributed by atoms with Gasteiger partial charge in [0.15, 0.2) is 0 Å².